The maximum atomic E-state index is 13.3. The standard InChI is InChI=1S/C23H24N2O5/c1-28-17-7-15-13-3-5-24-11-12-4-6-30-19-10-21(27)25(16(15)9-18(17)29-2)23(13)22(19)14(12)8-20(24)26/h4,7,9,14,19,22H,3,5-6,8,10-11H2,1-2H3. The van der Waals surface area contributed by atoms with Gasteiger partial charge >= 0.3 is 0 Å². The van der Waals surface area contributed by atoms with Gasteiger partial charge in [0.05, 0.1) is 38.9 Å². The first-order valence-electron chi connectivity index (χ1n) is 10.5. The van der Waals surface area contributed by atoms with E-state index in [9.17, 15) is 9.59 Å². The zero-order valence-corrected chi connectivity index (χ0v) is 17.1. The van der Waals surface area contributed by atoms with Crippen molar-refractivity contribution in [2.24, 2.45) is 5.92 Å². The van der Waals surface area contributed by atoms with Crippen LogP contribution in [0.15, 0.2) is 23.8 Å². The predicted octanol–water partition coefficient (Wildman–Crippen LogP) is 2.52. The van der Waals surface area contributed by atoms with Crippen LogP contribution in [0, 0.1) is 5.92 Å². The Labute approximate surface area is 174 Å². The average molecular weight is 408 g/mol. The number of piperidine rings is 1. The Kier molecular flexibility index (Phi) is 3.81. The molecule has 6 heterocycles. The molecular formula is C23H24N2O5. The van der Waals surface area contributed by atoms with Crippen molar-refractivity contribution in [2.45, 2.75) is 31.3 Å². The SMILES string of the molecule is COc1cc2c3c4n(c2cc1OC)C(=O)CC1OCC=C2CN(CC3)C(=O)CC2C41. The molecule has 0 N–H and O–H groups in total. The van der Waals surface area contributed by atoms with Crippen molar-refractivity contribution in [1.82, 2.24) is 9.47 Å². The molecule has 3 unspecified atom stereocenters. The second-order valence-corrected chi connectivity index (χ2v) is 8.57. The lowest BCUT2D eigenvalue weighted by atomic mass is 9.74. The highest BCUT2D eigenvalue weighted by Gasteiger charge is 2.48. The van der Waals surface area contributed by atoms with E-state index in [1.807, 2.05) is 21.6 Å². The van der Waals surface area contributed by atoms with Gasteiger partial charge in [-0.2, -0.15) is 0 Å². The third-order valence-electron chi connectivity index (χ3n) is 7.28. The summed E-state index contributed by atoms with van der Waals surface area (Å²) < 4.78 is 19.1. The number of amides is 1. The zero-order chi connectivity index (χ0) is 20.6. The zero-order valence-electron chi connectivity index (χ0n) is 17.1. The summed E-state index contributed by atoms with van der Waals surface area (Å²) in [5.74, 6) is 1.58. The van der Waals surface area contributed by atoms with E-state index in [4.69, 9.17) is 14.2 Å². The summed E-state index contributed by atoms with van der Waals surface area (Å²) in [6, 6.07) is 3.88. The minimum absolute atomic E-state index is 0.0000368. The maximum absolute atomic E-state index is 13.3. The third-order valence-corrected chi connectivity index (χ3v) is 7.28. The molecule has 1 aromatic heterocycles. The van der Waals surface area contributed by atoms with Crippen LogP contribution in [0.4, 0.5) is 0 Å². The smallest absolute Gasteiger partial charge is 0.233 e. The predicted molar refractivity (Wildman–Crippen MR) is 109 cm³/mol. The highest BCUT2D eigenvalue weighted by atomic mass is 16.5. The molecule has 30 heavy (non-hydrogen) atoms. The molecule has 4 bridgehead atoms. The summed E-state index contributed by atoms with van der Waals surface area (Å²) in [6.45, 7) is 1.82. The number of aromatic nitrogens is 1. The van der Waals surface area contributed by atoms with Crippen molar-refractivity contribution in [3.05, 3.63) is 35.0 Å². The summed E-state index contributed by atoms with van der Waals surface area (Å²) in [4.78, 5) is 28.1. The van der Waals surface area contributed by atoms with E-state index in [0.717, 1.165) is 22.2 Å². The van der Waals surface area contributed by atoms with Crippen LogP contribution in [0.25, 0.3) is 10.9 Å². The van der Waals surface area contributed by atoms with E-state index in [-0.39, 0.29) is 29.8 Å². The molecule has 156 valence electrons. The number of hydrogen-bond acceptors (Lipinski definition) is 5. The molecule has 7 rings (SSSR count). The minimum atomic E-state index is -0.201. The fourth-order valence-electron chi connectivity index (χ4n) is 5.93. The van der Waals surface area contributed by atoms with Gasteiger partial charge < -0.3 is 19.1 Å². The van der Waals surface area contributed by atoms with Crippen molar-refractivity contribution in [3.63, 3.8) is 0 Å². The Morgan fingerprint density at radius 1 is 1.07 bits per heavy atom. The van der Waals surface area contributed by atoms with Gasteiger partial charge in [-0.15, -0.1) is 0 Å². The van der Waals surface area contributed by atoms with E-state index in [2.05, 4.69) is 6.08 Å². The summed E-state index contributed by atoms with van der Waals surface area (Å²) in [7, 11) is 3.23. The number of carbonyl (C=O) groups is 2. The molecule has 0 spiro atoms. The van der Waals surface area contributed by atoms with Crippen molar-refractivity contribution in [2.75, 3.05) is 33.9 Å². The van der Waals surface area contributed by atoms with Crippen molar-refractivity contribution < 1.29 is 23.8 Å². The van der Waals surface area contributed by atoms with Crippen LogP contribution < -0.4 is 9.47 Å². The van der Waals surface area contributed by atoms with Gasteiger partial charge in [-0.1, -0.05) is 6.08 Å². The molecule has 0 radical (unpaired) electrons. The molecule has 1 amide bonds. The molecular weight excluding hydrogens is 384 g/mol. The molecule has 5 aliphatic rings. The van der Waals surface area contributed by atoms with Crippen LogP contribution in [0.3, 0.4) is 0 Å². The molecule has 2 aromatic rings. The van der Waals surface area contributed by atoms with Crippen molar-refractivity contribution in [3.8, 4) is 11.5 Å². The van der Waals surface area contributed by atoms with Gasteiger partial charge in [-0.3, -0.25) is 14.2 Å². The number of carbonyl (C=O) groups excluding carboxylic acids is 2. The van der Waals surface area contributed by atoms with E-state index in [1.54, 1.807) is 14.2 Å². The molecule has 5 aliphatic heterocycles. The van der Waals surface area contributed by atoms with Crippen LogP contribution >= 0.6 is 0 Å². The Hall–Kier alpha value is -2.80. The van der Waals surface area contributed by atoms with E-state index in [0.29, 0.717) is 50.5 Å². The minimum Gasteiger partial charge on any atom is -0.493 e. The van der Waals surface area contributed by atoms with Gasteiger partial charge in [0.2, 0.25) is 11.8 Å². The molecule has 0 saturated carbocycles. The fraction of sp³-hybridized carbons (Fsp3) is 0.478. The molecule has 7 nitrogen and oxygen atoms in total. The van der Waals surface area contributed by atoms with Gasteiger partial charge in [0.1, 0.15) is 0 Å². The first-order valence-corrected chi connectivity index (χ1v) is 10.5. The number of ether oxygens (including phenoxy) is 3. The summed E-state index contributed by atoms with van der Waals surface area (Å²) in [5.41, 5.74) is 4.28. The second kappa shape index (κ2) is 6.35. The first-order chi connectivity index (χ1) is 14.6. The maximum Gasteiger partial charge on any atom is 0.233 e. The Morgan fingerprint density at radius 3 is 2.67 bits per heavy atom. The summed E-state index contributed by atoms with van der Waals surface area (Å²) >= 11 is 0. The van der Waals surface area contributed by atoms with Gasteiger partial charge in [0.25, 0.3) is 0 Å². The highest BCUT2D eigenvalue weighted by molar-refractivity contribution is 5.99. The third kappa shape index (κ3) is 2.29. The number of hydrogen-bond donors (Lipinski definition) is 0. The average Bonchev–Trinajstić information content (AvgIpc) is 3.00. The number of rotatable bonds is 2. The summed E-state index contributed by atoms with van der Waals surface area (Å²) in [6.07, 6.45) is 3.45. The quantitative estimate of drug-likeness (QED) is 0.715. The van der Waals surface area contributed by atoms with E-state index in [1.165, 1.54) is 5.57 Å². The topological polar surface area (TPSA) is 70.0 Å². The molecule has 0 aliphatic carbocycles. The Bertz CT molecular complexity index is 1130. The van der Waals surface area contributed by atoms with E-state index < -0.39 is 0 Å². The van der Waals surface area contributed by atoms with Crippen molar-refractivity contribution >= 4 is 22.7 Å². The summed E-state index contributed by atoms with van der Waals surface area (Å²) in [5, 5.41) is 1.00. The lowest BCUT2D eigenvalue weighted by molar-refractivity contribution is -0.133. The number of benzene rings is 1. The highest BCUT2D eigenvalue weighted by Crippen LogP contribution is 2.50. The molecule has 3 atom stereocenters. The van der Waals surface area contributed by atoms with Gasteiger partial charge in [-0.25, -0.2) is 0 Å². The van der Waals surface area contributed by atoms with Crippen LogP contribution in [0.2, 0.25) is 0 Å². The largest absolute Gasteiger partial charge is 0.493 e. The first kappa shape index (κ1) is 18.0. The lowest BCUT2D eigenvalue weighted by Crippen LogP contribution is -2.44. The lowest BCUT2D eigenvalue weighted by Gasteiger charge is -2.40. The number of methoxy groups -OCH3 is 2. The van der Waals surface area contributed by atoms with Gasteiger partial charge in [0, 0.05) is 48.5 Å². The molecule has 1 aromatic carbocycles. The number of nitrogens with zero attached hydrogens (tertiary/aromatic N) is 2. The Balaban J connectivity index is 1.69. The van der Waals surface area contributed by atoms with Crippen LogP contribution in [-0.2, 0) is 16.0 Å². The normalized spacial score (nSPS) is 27.3. The van der Waals surface area contributed by atoms with E-state index >= 15 is 0 Å². The van der Waals surface area contributed by atoms with Gasteiger partial charge in [-0.05, 0) is 23.6 Å². The molecule has 7 heteroatoms. The molecule has 1 fully saturated rings. The Morgan fingerprint density at radius 2 is 1.87 bits per heavy atom. The second-order valence-electron chi connectivity index (χ2n) is 8.57. The monoisotopic (exact) mass is 408 g/mol. The van der Waals surface area contributed by atoms with Crippen LogP contribution in [0.1, 0.15) is 34.8 Å². The van der Waals surface area contributed by atoms with Crippen LogP contribution in [0.5, 0.6) is 11.5 Å². The molecule has 1 saturated heterocycles. The van der Waals surface area contributed by atoms with Crippen LogP contribution in [-0.4, -0.2) is 61.3 Å². The number of fused-ring (bicyclic) bond motifs is 4. The van der Waals surface area contributed by atoms with Crippen molar-refractivity contribution in [1.29, 1.82) is 0 Å². The fourth-order valence-corrected chi connectivity index (χ4v) is 5.93. The van der Waals surface area contributed by atoms with Gasteiger partial charge in [0.15, 0.2) is 11.5 Å².